The molecule has 0 radical (unpaired) electrons. The van der Waals surface area contributed by atoms with Gasteiger partial charge in [-0.3, -0.25) is 9.10 Å². The maximum absolute atomic E-state index is 11.0. The Morgan fingerprint density at radius 1 is 0.879 bits per heavy atom. The number of hydrogen-bond donors (Lipinski definition) is 0. The standard InChI is InChI=1S/C9H19NO2S.C7H15NO2S.C6H14S.C2H6/c1-5-12-9(11)6-7-10(13-4)8(2)3;1-4-5-6-10-7(9)8(2)11-3;1-3-4-5-6-7-2;1-2/h8H,5-7H2,1-4H3;4-6H2,1-3H3;3-6H2,1-2H3;1-2H3. The summed E-state index contributed by atoms with van der Waals surface area (Å²) in [4.78, 5) is 22.0. The van der Waals surface area contributed by atoms with Gasteiger partial charge in [0.1, 0.15) is 0 Å². The summed E-state index contributed by atoms with van der Waals surface area (Å²) in [5.74, 6) is 1.23. The van der Waals surface area contributed by atoms with Gasteiger partial charge in [-0.15, -0.1) is 0 Å². The summed E-state index contributed by atoms with van der Waals surface area (Å²) in [6, 6.07) is 0.462. The van der Waals surface area contributed by atoms with E-state index in [-0.39, 0.29) is 12.1 Å². The minimum Gasteiger partial charge on any atom is -0.466 e. The van der Waals surface area contributed by atoms with Crippen LogP contribution in [0.1, 0.15) is 87.0 Å². The molecule has 0 atom stereocenters. The van der Waals surface area contributed by atoms with Crippen LogP contribution >= 0.6 is 35.7 Å². The topological polar surface area (TPSA) is 59.1 Å². The van der Waals surface area contributed by atoms with Gasteiger partial charge in [0, 0.05) is 25.9 Å². The Morgan fingerprint density at radius 3 is 1.85 bits per heavy atom. The van der Waals surface area contributed by atoms with Crippen molar-refractivity contribution in [2.45, 2.75) is 93.0 Å². The molecule has 0 fully saturated rings. The molecule has 0 bridgehead atoms. The number of esters is 1. The van der Waals surface area contributed by atoms with Crippen molar-refractivity contribution in [1.82, 2.24) is 8.61 Å². The van der Waals surface area contributed by atoms with Gasteiger partial charge in [-0.1, -0.05) is 58.9 Å². The van der Waals surface area contributed by atoms with Gasteiger partial charge in [0.05, 0.1) is 19.6 Å². The highest BCUT2D eigenvalue weighted by atomic mass is 32.2. The first kappa shape index (κ1) is 39.9. The van der Waals surface area contributed by atoms with E-state index in [0.717, 1.165) is 19.4 Å². The van der Waals surface area contributed by atoms with Gasteiger partial charge in [-0.05, 0) is 63.8 Å². The van der Waals surface area contributed by atoms with Crippen molar-refractivity contribution in [2.75, 3.05) is 51.3 Å². The van der Waals surface area contributed by atoms with Crippen LogP contribution in [0, 0.1) is 0 Å². The SMILES string of the molecule is CC.CCCCCSC.CCCCOC(=O)N(C)SC.CCOC(=O)CCN(SC)C(C)C. The Bertz CT molecular complexity index is 400. The van der Waals surface area contributed by atoms with Gasteiger partial charge in [-0.25, -0.2) is 9.10 Å². The molecule has 6 nitrogen and oxygen atoms in total. The Balaban J connectivity index is -0.000000191. The lowest BCUT2D eigenvalue weighted by Gasteiger charge is -2.22. The van der Waals surface area contributed by atoms with E-state index in [1.807, 2.05) is 45.0 Å². The van der Waals surface area contributed by atoms with Crippen LogP contribution < -0.4 is 0 Å². The van der Waals surface area contributed by atoms with E-state index in [1.54, 1.807) is 19.0 Å². The van der Waals surface area contributed by atoms with E-state index in [0.29, 0.717) is 25.7 Å². The normalized spacial score (nSPS) is 9.61. The molecule has 0 aromatic rings. The molecule has 0 aromatic heterocycles. The maximum atomic E-state index is 11.0. The number of thioether (sulfide) groups is 1. The highest BCUT2D eigenvalue weighted by Gasteiger charge is 2.10. The highest BCUT2D eigenvalue weighted by Crippen LogP contribution is 2.11. The zero-order valence-corrected chi connectivity index (χ0v) is 25.9. The van der Waals surface area contributed by atoms with Crippen molar-refractivity contribution in [3.63, 3.8) is 0 Å². The Hall–Kier alpha value is -0.250. The second-order valence-electron chi connectivity index (χ2n) is 6.82. The number of nitrogens with zero attached hydrogens (tertiary/aromatic N) is 2. The molecule has 0 aromatic carbocycles. The molecular formula is C24H54N2O4S3. The second-order valence-corrected chi connectivity index (χ2v) is 9.55. The van der Waals surface area contributed by atoms with Gasteiger partial charge in [-0.2, -0.15) is 11.8 Å². The van der Waals surface area contributed by atoms with Gasteiger partial charge < -0.3 is 9.47 Å². The van der Waals surface area contributed by atoms with Gasteiger partial charge in [0.15, 0.2) is 0 Å². The maximum Gasteiger partial charge on any atom is 0.419 e. The van der Waals surface area contributed by atoms with Crippen molar-refractivity contribution in [1.29, 1.82) is 0 Å². The van der Waals surface area contributed by atoms with Crippen molar-refractivity contribution >= 4 is 47.7 Å². The van der Waals surface area contributed by atoms with E-state index in [1.165, 1.54) is 41.3 Å². The summed E-state index contributed by atoms with van der Waals surface area (Å²) < 4.78 is 13.4. The van der Waals surface area contributed by atoms with E-state index in [2.05, 4.69) is 38.3 Å². The quantitative estimate of drug-likeness (QED) is 0.129. The summed E-state index contributed by atoms with van der Waals surface area (Å²) in [5.41, 5.74) is 0. The van der Waals surface area contributed by atoms with Gasteiger partial charge in [0.2, 0.25) is 0 Å². The third-order valence-electron chi connectivity index (χ3n) is 3.86. The average molecular weight is 531 g/mol. The number of unbranched alkanes of at least 4 members (excludes halogenated alkanes) is 3. The number of carbonyl (C=O) groups is 2. The summed E-state index contributed by atoms with van der Waals surface area (Å²) >= 11 is 4.95. The van der Waals surface area contributed by atoms with Crippen molar-refractivity contribution in [2.24, 2.45) is 0 Å². The minimum absolute atomic E-state index is 0.109. The van der Waals surface area contributed by atoms with E-state index >= 15 is 0 Å². The largest absolute Gasteiger partial charge is 0.466 e. The molecule has 0 saturated heterocycles. The summed E-state index contributed by atoms with van der Waals surface area (Å²) in [6.07, 6.45) is 12.4. The van der Waals surface area contributed by atoms with E-state index in [9.17, 15) is 9.59 Å². The molecule has 1 amide bonds. The first-order chi connectivity index (χ1) is 15.7. The average Bonchev–Trinajstić information content (AvgIpc) is 2.81. The van der Waals surface area contributed by atoms with Gasteiger partial charge >= 0.3 is 12.1 Å². The highest BCUT2D eigenvalue weighted by molar-refractivity contribution is 7.98. The lowest BCUT2D eigenvalue weighted by molar-refractivity contribution is -0.143. The number of rotatable bonds is 14. The molecule has 0 aliphatic rings. The molecule has 0 rings (SSSR count). The third-order valence-corrected chi connectivity index (χ3v) is 6.33. The van der Waals surface area contributed by atoms with Crippen LogP contribution in [0.2, 0.25) is 0 Å². The molecule has 0 saturated carbocycles. The smallest absolute Gasteiger partial charge is 0.419 e. The fourth-order valence-electron chi connectivity index (χ4n) is 1.96. The predicted octanol–water partition coefficient (Wildman–Crippen LogP) is 7.63. The lowest BCUT2D eigenvalue weighted by Crippen LogP contribution is -2.26. The van der Waals surface area contributed by atoms with Crippen LogP contribution in [-0.2, 0) is 14.3 Å². The Kier molecular flexibility index (Phi) is 41.1. The molecule has 9 heteroatoms. The van der Waals surface area contributed by atoms with Crippen LogP contribution in [0.15, 0.2) is 0 Å². The molecule has 0 aliphatic heterocycles. The van der Waals surface area contributed by atoms with Crippen LogP contribution in [0.25, 0.3) is 0 Å². The van der Waals surface area contributed by atoms with E-state index < -0.39 is 0 Å². The molecule has 0 N–H and O–H groups in total. The Morgan fingerprint density at radius 2 is 1.45 bits per heavy atom. The number of ether oxygens (including phenoxy) is 2. The van der Waals surface area contributed by atoms with Crippen molar-refractivity contribution in [3.8, 4) is 0 Å². The van der Waals surface area contributed by atoms with Crippen LogP contribution in [0.4, 0.5) is 4.79 Å². The molecule has 0 heterocycles. The monoisotopic (exact) mass is 530 g/mol. The zero-order valence-electron chi connectivity index (χ0n) is 23.4. The number of amides is 1. The first-order valence-corrected chi connectivity index (χ1v) is 15.9. The Labute approximate surface area is 219 Å². The third kappa shape index (κ3) is 34.0. The molecular weight excluding hydrogens is 476 g/mol. The van der Waals surface area contributed by atoms with Crippen LogP contribution in [0.3, 0.4) is 0 Å². The molecule has 202 valence electrons. The second kappa shape index (κ2) is 33.9. The molecule has 33 heavy (non-hydrogen) atoms. The summed E-state index contributed by atoms with van der Waals surface area (Å²) in [5, 5.41) is 0. The predicted molar refractivity (Wildman–Crippen MR) is 153 cm³/mol. The van der Waals surface area contributed by atoms with Crippen LogP contribution in [0.5, 0.6) is 0 Å². The summed E-state index contributed by atoms with van der Waals surface area (Å²) in [6.45, 7) is 16.1. The molecule has 0 aliphatic carbocycles. The minimum atomic E-state index is -0.258. The number of hydrogen-bond acceptors (Lipinski definition) is 8. The van der Waals surface area contributed by atoms with Crippen LogP contribution in [-0.4, -0.2) is 78.0 Å². The van der Waals surface area contributed by atoms with Crippen molar-refractivity contribution in [3.05, 3.63) is 0 Å². The lowest BCUT2D eigenvalue weighted by atomic mass is 10.3. The van der Waals surface area contributed by atoms with Crippen molar-refractivity contribution < 1.29 is 19.1 Å². The zero-order chi connectivity index (χ0) is 26.5. The fraction of sp³-hybridized carbons (Fsp3) is 0.917. The number of carbonyl (C=O) groups excluding carboxylic acids is 2. The molecule has 0 unspecified atom stereocenters. The van der Waals surface area contributed by atoms with E-state index in [4.69, 9.17) is 9.47 Å². The first-order valence-electron chi connectivity index (χ1n) is 12.1. The molecule has 0 spiro atoms. The summed E-state index contributed by atoms with van der Waals surface area (Å²) in [7, 11) is 1.69. The fourth-order valence-corrected chi connectivity index (χ4v) is 3.35. The van der Waals surface area contributed by atoms with Gasteiger partial charge in [0.25, 0.3) is 0 Å².